The molecule has 2 N–H and O–H groups in total. The first kappa shape index (κ1) is 28.2. The van der Waals surface area contributed by atoms with Crippen molar-refractivity contribution >= 4 is 24.7 Å². The number of rotatable bonds is 8. The Hall–Kier alpha value is -2.85. The SMILES string of the molecule is CO[C@@H]1O[C@H](CO[Si](c2ccccc2)(c2ccccc2)C(C)(C)C)[C@@H](O)[C@H](OC(=O)c2ccccc2)[C@H]1O. The minimum Gasteiger partial charge on any atom is -0.453 e. The first-order valence-electron chi connectivity index (χ1n) is 12.7. The molecular weight excluding hydrogens is 500 g/mol. The zero-order chi connectivity index (χ0) is 27.3. The Morgan fingerprint density at radius 1 is 0.842 bits per heavy atom. The van der Waals surface area contributed by atoms with Crippen LogP contribution in [0.4, 0.5) is 0 Å². The van der Waals surface area contributed by atoms with Gasteiger partial charge in [-0.05, 0) is 27.5 Å². The second-order valence-corrected chi connectivity index (χ2v) is 14.8. The Morgan fingerprint density at radius 2 is 1.34 bits per heavy atom. The van der Waals surface area contributed by atoms with Gasteiger partial charge in [0.15, 0.2) is 12.4 Å². The van der Waals surface area contributed by atoms with Crippen molar-refractivity contribution in [3.8, 4) is 0 Å². The second kappa shape index (κ2) is 11.9. The van der Waals surface area contributed by atoms with E-state index in [1.54, 1.807) is 30.3 Å². The summed E-state index contributed by atoms with van der Waals surface area (Å²) in [6.07, 6.45) is -6.03. The lowest BCUT2D eigenvalue weighted by Crippen LogP contribution is -2.68. The van der Waals surface area contributed by atoms with E-state index in [-0.39, 0.29) is 11.6 Å². The van der Waals surface area contributed by atoms with Crippen molar-refractivity contribution in [2.75, 3.05) is 13.7 Å². The highest BCUT2D eigenvalue weighted by Gasteiger charge is 2.53. The van der Waals surface area contributed by atoms with Gasteiger partial charge in [-0.25, -0.2) is 4.79 Å². The van der Waals surface area contributed by atoms with Crippen LogP contribution in [0.1, 0.15) is 31.1 Å². The third kappa shape index (κ3) is 5.61. The summed E-state index contributed by atoms with van der Waals surface area (Å²) in [5.74, 6) is -0.655. The highest BCUT2D eigenvalue weighted by Crippen LogP contribution is 2.37. The van der Waals surface area contributed by atoms with Gasteiger partial charge in [0.1, 0.15) is 18.3 Å². The molecule has 38 heavy (non-hydrogen) atoms. The molecule has 0 amide bonds. The zero-order valence-electron chi connectivity index (χ0n) is 22.2. The molecule has 8 heteroatoms. The number of hydrogen-bond donors (Lipinski definition) is 2. The molecule has 0 aromatic heterocycles. The average molecular weight is 537 g/mol. The number of aliphatic hydroxyl groups excluding tert-OH is 2. The van der Waals surface area contributed by atoms with Gasteiger partial charge < -0.3 is 28.8 Å². The van der Waals surface area contributed by atoms with Crippen LogP contribution in [0.5, 0.6) is 0 Å². The van der Waals surface area contributed by atoms with Gasteiger partial charge in [0.25, 0.3) is 8.32 Å². The highest BCUT2D eigenvalue weighted by atomic mass is 28.4. The van der Waals surface area contributed by atoms with Crippen LogP contribution in [0.2, 0.25) is 5.04 Å². The van der Waals surface area contributed by atoms with Gasteiger partial charge >= 0.3 is 5.97 Å². The predicted molar refractivity (Wildman–Crippen MR) is 147 cm³/mol. The largest absolute Gasteiger partial charge is 0.453 e. The molecule has 4 rings (SSSR count). The molecule has 0 radical (unpaired) electrons. The van der Waals surface area contributed by atoms with Crippen LogP contribution in [-0.2, 0) is 18.6 Å². The highest BCUT2D eigenvalue weighted by molar-refractivity contribution is 6.99. The predicted octanol–water partition coefficient (Wildman–Crippen LogP) is 2.88. The summed E-state index contributed by atoms with van der Waals surface area (Å²) in [7, 11) is -1.53. The molecule has 0 bridgehead atoms. The van der Waals surface area contributed by atoms with E-state index in [1.165, 1.54) is 7.11 Å². The number of methoxy groups -OCH3 is 1. The molecule has 0 spiro atoms. The normalized spacial score (nSPS) is 24.1. The van der Waals surface area contributed by atoms with Crippen molar-refractivity contribution in [3.05, 3.63) is 96.6 Å². The lowest BCUT2D eigenvalue weighted by atomic mass is 9.99. The number of benzene rings is 3. The summed E-state index contributed by atoms with van der Waals surface area (Å²) in [5, 5.41) is 24.0. The number of carbonyl (C=O) groups excluding carboxylic acids is 1. The van der Waals surface area contributed by atoms with Crippen molar-refractivity contribution in [3.63, 3.8) is 0 Å². The van der Waals surface area contributed by atoms with Crippen molar-refractivity contribution in [2.45, 2.75) is 56.5 Å². The average Bonchev–Trinajstić information content (AvgIpc) is 2.93. The van der Waals surface area contributed by atoms with Gasteiger partial charge in [-0.2, -0.15) is 0 Å². The molecule has 1 fully saturated rings. The minimum atomic E-state index is -2.92. The van der Waals surface area contributed by atoms with E-state index in [0.29, 0.717) is 5.56 Å². The van der Waals surface area contributed by atoms with E-state index in [0.717, 1.165) is 10.4 Å². The summed E-state index contributed by atoms with van der Waals surface area (Å²) >= 11 is 0. The fraction of sp³-hybridized carbons (Fsp3) is 0.367. The maximum absolute atomic E-state index is 12.8. The van der Waals surface area contributed by atoms with Crippen LogP contribution in [0.15, 0.2) is 91.0 Å². The van der Waals surface area contributed by atoms with Gasteiger partial charge in [0.2, 0.25) is 0 Å². The topological polar surface area (TPSA) is 94.5 Å². The molecule has 1 saturated heterocycles. The molecule has 0 unspecified atom stereocenters. The third-order valence-electron chi connectivity index (χ3n) is 7.01. The molecule has 7 nitrogen and oxygen atoms in total. The van der Waals surface area contributed by atoms with Crippen LogP contribution in [0, 0.1) is 0 Å². The Kier molecular flexibility index (Phi) is 8.82. The summed E-state index contributed by atoms with van der Waals surface area (Å²) < 4.78 is 23.8. The van der Waals surface area contributed by atoms with Crippen molar-refractivity contribution in [1.82, 2.24) is 0 Å². The first-order valence-corrected chi connectivity index (χ1v) is 14.7. The standard InChI is InChI=1S/C30H36O7Si/c1-30(2,3)38(22-16-10-6-11-17-22,23-18-12-7-13-19-23)35-20-24-25(31)27(26(32)29(34-4)36-24)37-28(33)21-14-8-5-9-15-21/h5-19,24-27,29,31-32H,20H2,1-4H3/t24-,25-,26-,27+,29-/m1/s1. The van der Waals surface area contributed by atoms with Crippen LogP contribution in [0.25, 0.3) is 0 Å². The minimum absolute atomic E-state index is 0.000412. The Labute approximate surface area is 225 Å². The number of hydrogen-bond acceptors (Lipinski definition) is 7. The first-order chi connectivity index (χ1) is 18.2. The fourth-order valence-corrected chi connectivity index (χ4v) is 9.68. The van der Waals surface area contributed by atoms with Gasteiger partial charge in [-0.3, -0.25) is 0 Å². The molecule has 5 atom stereocenters. The smallest absolute Gasteiger partial charge is 0.338 e. The van der Waals surface area contributed by atoms with Gasteiger partial charge in [-0.1, -0.05) is 99.6 Å². The monoisotopic (exact) mass is 536 g/mol. The lowest BCUT2D eigenvalue weighted by molar-refractivity contribution is -0.292. The van der Waals surface area contributed by atoms with Crippen LogP contribution in [0.3, 0.4) is 0 Å². The Bertz CT molecular complexity index is 1130. The molecule has 1 heterocycles. The third-order valence-corrected chi connectivity index (χ3v) is 12.0. The molecular formula is C30H36O7Si. The number of esters is 1. The number of carbonyl (C=O) groups is 1. The maximum atomic E-state index is 12.8. The van der Waals surface area contributed by atoms with Crippen molar-refractivity contribution in [1.29, 1.82) is 0 Å². The van der Waals surface area contributed by atoms with E-state index >= 15 is 0 Å². The van der Waals surface area contributed by atoms with E-state index in [4.69, 9.17) is 18.6 Å². The molecule has 3 aromatic carbocycles. The van der Waals surface area contributed by atoms with E-state index in [1.807, 2.05) is 36.4 Å². The zero-order valence-corrected chi connectivity index (χ0v) is 23.2. The number of aliphatic hydroxyl groups is 2. The number of ether oxygens (including phenoxy) is 3. The molecule has 1 aliphatic heterocycles. The van der Waals surface area contributed by atoms with Crippen LogP contribution in [-0.4, -0.2) is 68.9 Å². The van der Waals surface area contributed by atoms with Crippen LogP contribution >= 0.6 is 0 Å². The summed E-state index contributed by atoms with van der Waals surface area (Å²) in [6.45, 7) is 6.47. The van der Waals surface area contributed by atoms with E-state index < -0.39 is 45.0 Å². The quantitative estimate of drug-likeness (QED) is 0.338. The summed E-state index contributed by atoms with van der Waals surface area (Å²) in [4.78, 5) is 12.8. The van der Waals surface area contributed by atoms with E-state index in [9.17, 15) is 15.0 Å². The van der Waals surface area contributed by atoms with Gasteiger partial charge in [-0.15, -0.1) is 0 Å². The van der Waals surface area contributed by atoms with Crippen molar-refractivity contribution < 1.29 is 33.6 Å². The second-order valence-electron chi connectivity index (χ2n) is 10.5. The fourth-order valence-electron chi connectivity index (χ4n) is 5.11. The lowest BCUT2D eigenvalue weighted by Gasteiger charge is -2.46. The molecule has 0 aliphatic carbocycles. The van der Waals surface area contributed by atoms with Gasteiger partial charge in [0.05, 0.1) is 12.2 Å². The van der Waals surface area contributed by atoms with Crippen LogP contribution < -0.4 is 10.4 Å². The summed E-state index contributed by atoms with van der Waals surface area (Å²) in [6, 6.07) is 28.7. The molecule has 202 valence electrons. The van der Waals surface area contributed by atoms with Crippen molar-refractivity contribution in [2.24, 2.45) is 0 Å². The Morgan fingerprint density at radius 3 is 1.82 bits per heavy atom. The summed E-state index contributed by atoms with van der Waals surface area (Å²) in [5.41, 5.74) is 0.312. The Balaban J connectivity index is 1.65. The maximum Gasteiger partial charge on any atom is 0.338 e. The van der Waals surface area contributed by atoms with E-state index in [2.05, 4.69) is 45.0 Å². The molecule has 0 saturated carbocycles. The molecule has 3 aromatic rings. The molecule has 1 aliphatic rings. The van der Waals surface area contributed by atoms with Gasteiger partial charge in [0, 0.05) is 7.11 Å².